The van der Waals surface area contributed by atoms with Crippen molar-refractivity contribution in [3.63, 3.8) is 0 Å². The number of nitriles is 1. The number of carbonyl (C=O) groups is 1. The zero-order valence-corrected chi connectivity index (χ0v) is 24.1. The Morgan fingerprint density at radius 3 is 2.57 bits per heavy atom. The summed E-state index contributed by atoms with van der Waals surface area (Å²) in [5, 5.41) is 18.5. The van der Waals surface area contributed by atoms with Gasteiger partial charge in [-0.15, -0.1) is 0 Å². The molecule has 0 radical (unpaired) electrons. The fourth-order valence-corrected chi connectivity index (χ4v) is 5.49. The largest absolute Gasteiger partial charge is 0.478 e. The Labute approximate surface area is 252 Å². The van der Waals surface area contributed by atoms with Crippen LogP contribution in [0.1, 0.15) is 52.8 Å². The number of hydrogen-bond acceptors (Lipinski definition) is 6. The minimum atomic E-state index is -1.25. The van der Waals surface area contributed by atoms with Gasteiger partial charge in [0.2, 0.25) is 5.88 Å². The van der Waals surface area contributed by atoms with Crippen LogP contribution in [0.25, 0.3) is 22.3 Å². The Balaban J connectivity index is 1.29. The van der Waals surface area contributed by atoms with E-state index in [0.717, 1.165) is 11.6 Å². The number of fused-ring (bicyclic) bond motifs is 1. The summed E-state index contributed by atoms with van der Waals surface area (Å²) >= 11 is 0. The third-order valence-corrected chi connectivity index (χ3v) is 7.92. The molecule has 1 saturated heterocycles. The van der Waals surface area contributed by atoms with Gasteiger partial charge in [-0.2, -0.15) is 5.26 Å². The molecular weight excluding hydrogens is 566 g/mol. The molecule has 6 rings (SSSR count). The predicted octanol–water partition coefficient (Wildman–Crippen LogP) is 6.71. The lowest BCUT2D eigenvalue weighted by Gasteiger charge is -2.28. The number of carboxylic acids is 1. The molecule has 1 N–H and O–H groups in total. The second-order valence-electron chi connectivity index (χ2n) is 11.5. The Morgan fingerprint density at radius 1 is 1.09 bits per heavy atom. The van der Waals surface area contributed by atoms with Gasteiger partial charge in [-0.1, -0.05) is 44.2 Å². The van der Waals surface area contributed by atoms with Gasteiger partial charge in [0.15, 0.2) is 5.82 Å². The molecule has 1 aliphatic rings. The first-order valence-electron chi connectivity index (χ1n) is 14.0. The molecule has 0 spiro atoms. The molecule has 0 bridgehead atoms. The fourth-order valence-electron chi connectivity index (χ4n) is 5.49. The molecule has 8 nitrogen and oxygen atoms in total. The summed E-state index contributed by atoms with van der Waals surface area (Å²) in [6.07, 6.45) is 0.0520. The topological polar surface area (TPSA) is 110 Å². The van der Waals surface area contributed by atoms with E-state index in [4.69, 9.17) is 14.7 Å². The molecule has 10 heteroatoms. The van der Waals surface area contributed by atoms with Gasteiger partial charge in [0.1, 0.15) is 23.8 Å². The molecule has 0 aliphatic carbocycles. The number of imidazole rings is 1. The minimum Gasteiger partial charge on any atom is -0.478 e. The molecule has 1 unspecified atom stereocenters. The van der Waals surface area contributed by atoms with Crippen LogP contribution in [0.2, 0.25) is 0 Å². The number of halogens is 2. The average Bonchev–Trinajstić information content (AvgIpc) is 3.55. The molecule has 1 atom stereocenters. The molecule has 1 fully saturated rings. The molecule has 1 aliphatic heterocycles. The number of aromatic carboxylic acids is 1. The summed E-state index contributed by atoms with van der Waals surface area (Å²) in [5.74, 6) is -1.71. The third kappa shape index (κ3) is 5.62. The minimum absolute atomic E-state index is 0.0340. The molecule has 2 aromatic heterocycles. The van der Waals surface area contributed by atoms with Gasteiger partial charge in [-0.3, -0.25) is 0 Å². The second kappa shape index (κ2) is 11.5. The molecule has 222 valence electrons. The van der Waals surface area contributed by atoms with E-state index in [-0.39, 0.29) is 35.6 Å². The Kier molecular flexibility index (Phi) is 7.57. The van der Waals surface area contributed by atoms with E-state index in [9.17, 15) is 9.90 Å². The maximum Gasteiger partial charge on any atom is 0.335 e. The van der Waals surface area contributed by atoms with Crippen LogP contribution >= 0.6 is 0 Å². The smallest absolute Gasteiger partial charge is 0.335 e. The van der Waals surface area contributed by atoms with Crippen molar-refractivity contribution in [2.75, 3.05) is 13.2 Å². The summed E-state index contributed by atoms with van der Waals surface area (Å²) < 4.78 is 44.1. The average molecular weight is 595 g/mol. The number of nitrogens with zero attached hydrogens (tertiary/aromatic N) is 4. The van der Waals surface area contributed by atoms with Gasteiger partial charge in [0.05, 0.1) is 47.7 Å². The van der Waals surface area contributed by atoms with Crippen LogP contribution in [-0.2, 0) is 17.8 Å². The first-order valence-corrected chi connectivity index (χ1v) is 14.0. The van der Waals surface area contributed by atoms with Gasteiger partial charge in [0, 0.05) is 23.5 Å². The number of benzene rings is 3. The van der Waals surface area contributed by atoms with Crippen molar-refractivity contribution in [2.24, 2.45) is 5.41 Å². The molecule has 0 amide bonds. The van der Waals surface area contributed by atoms with Crippen molar-refractivity contribution in [1.82, 2.24) is 14.5 Å². The van der Waals surface area contributed by atoms with Crippen LogP contribution in [-0.4, -0.2) is 38.8 Å². The zero-order valence-electron chi connectivity index (χ0n) is 24.1. The van der Waals surface area contributed by atoms with Gasteiger partial charge in [-0.05, 0) is 47.5 Å². The lowest BCUT2D eigenvalue weighted by atomic mass is 9.87. The maximum absolute atomic E-state index is 15.6. The lowest BCUT2D eigenvalue weighted by Crippen LogP contribution is -2.27. The highest BCUT2D eigenvalue weighted by molar-refractivity contribution is 5.93. The summed E-state index contributed by atoms with van der Waals surface area (Å²) in [5.41, 5.74) is 2.68. The van der Waals surface area contributed by atoms with Crippen LogP contribution in [0, 0.1) is 28.4 Å². The molecular formula is C34H28F2N4O4. The van der Waals surface area contributed by atoms with E-state index >= 15 is 8.78 Å². The van der Waals surface area contributed by atoms with E-state index < -0.39 is 17.6 Å². The van der Waals surface area contributed by atoms with Crippen molar-refractivity contribution in [3.05, 3.63) is 113 Å². The maximum atomic E-state index is 15.6. The summed E-state index contributed by atoms with van der Waals surface area (Å²) in [4.78, 5) is 20.8. The van der Waals surface area contributed by atoms with Crippen LogP contribution < -0.4 is 4.74 Å². The van der Waals surface area contributed by atoms with Crippen molar-refractivity contribution in [2.45, 2.75) is 32.9 Å². The normalized spacial score (nSPS) is 15.8. The van der Waals surface area contributed by atoms with Gasteiger partial charge in [-0.25, -0.2) is 23.5 Å². The third-order valence-electron chi connectivity index (χ3n) is 7.92. The van der Waals surface area contributed by atoms with Crippen molar-refractivity contribution in [3.8, 4) is 23.2 Å². The summed E-state index contributed by atoms with van der Waals surface area (Å²) in [6, 6.07) is 21.3. The van der Waals surface area contributed by atoms with Crippen molar-refractivity contribution in [1.29, 1.82) is 5.26 Å². The van der Waals surface area contributed by atoms with Crippen LogP contribution in [0.5, 0.6) is 5.88 Å². The molecule has 3 aromatic carbocycles. The SMILES string of the molecule is CC1(C)COCC1n1c(Cc2ccc(-c3cccc(OCc4ccc(C#N)cc4)n3)cc2F)nc2c(F)cc(C(=O)O)cc21. The molecule has 3 heterocycles. The highest BCUT2D eigenvalue weighted by atomic mass is 19.1. The summed E-state index contributed by atoms with van der Waals surface area (Å²) in [7, 11) is 0. The van der Waals surface area contributed by atoms with Crippen LogP contribution in [0.4, 0.5) is 8.78 Å². The number of aromatic nitrogens is 3. The van der Waals surface area contributed by atoms with Gasteiger partial charge >= 0.3 is 5.97 Å². The second-order valence-corrected chi connectivity index (χ2v) is 11.5. The predicted molar refractivity (Wildman–Crippen MR) is 158 cm³/mol. The van der Waals surface area contributed by atoms with Crippen LogP contribution in [0.3, 0.4) is 0 Å². The zero-order chi connectivity index (χ0) is 31.0. The van der Waals surface area contributed by atoms with E-state index in [1.54, 1.807) is 47.0 Å². The Hall–Kier alpha value is -5.14. The molecule has 0 saturated carbocycles. The Morgan fingerprint density at radius 2 is 1.89 bits per heavy atom. The number of pyridine rings is 1. The lowest BCUT2D eigenvalue weighted by molar-refractivity contribution is 0.0696. The molecule has 5 aromatic rings. The van der Waals surface area contributed by atoms with E-state index in [0.29, 0.717) is 52.8 Å². The fraction of sp³-hybridized carbons (Fsp3) is 0.235. The summed E-state index contributed by atoms with van der Waals surface area (Å²) in [6.45, 7) is 5.09. The highest BCUT2D eigenvalue weighted by Crippen LogP contribution is 2.41. The molecule has 44 heavy (non-hydrogen) atoms. The van der Waals surface area contributed by atoms with Gasteiger partial charge in [0.25, 0.3) is 0 Å². The van der Waals surface area contributed by atoms with Crippen LogP contribution in [0.15, 0.2) is 72.8 Å². The number of hydrogen-bond donors (Lipinski definition) is 1. The standard InChI is InChI=1S/C34H28F2N4O4/c1-34(2)19-43-18-29(34)40-28-14-24(33(41)42)13-26(36)32(28)39-30(40)15-22-10-11-23(12-25(22)35)27-4-3-5-31(38-27)44-17-21-8-6-20(16-37)7-9-21/h3-14,29H,15,17-19H2,1-2H3,(H,41,42). The van der Waals surface area contributed by atoms with Crippen molar-refractivity contribution < 1.29 is 28.2 Å². The first kappa shape index (κ1) is 29.0. The Bertz CT molecular complexity index is 1930. The number of ether oxygens (including phenoxy) is 2. The first-order chi connectivity index (χ1) is 21.1. The monoisotopic (exact) mass is 594 g/mol. The van der Waals surface area contributed by atoms with Gasteiger partial charge < -0.3 is 19.1 Å². The number of rotatable bonds is 8. The van der Waals surface area contributed by atoms with E-state index in [2.05, 4.69) is 16.0 Å². The van der Waals surface area contributed by atoms with E-state index in [1.165, 1.54) is 12.1 Å². The van der Waals surface area contributed by atoms with Crippen molar-refractivity contribution >= 4 is 17.0 Å². The van der Waals surface area contributed by atoms with E-state index in [1.807, 2.05) is 26.0 Å². The quantitative estimate of drug-likeness (QED) is 0.213. The number of carboxylic acid groups (broad SMARTS) is 1. The highest BCUT2D eigenvalue weighted by Gasteiger charge is 2.39.